The third-order valence-electron chi connectivity index (χ3n) is 2.38. The summed E-state index contributed by atoms with van der Waals surface area (Å²) in [6.45, 7) is 4.93. The van der Waals surface area contributed by atoms with Gasteiger partial charge in [0.1, 0.15) is 5.82 Å². The van der Waals surface area contributed by atoms with E-state index < -0.39 is 0 Å². The zero-order valence-electron chi connectivity index (χ0n) is 9.51. The van der Waals surface area contributed by atoms with Crippen LogP contribution in [0.3, 0.4) is 0 Å². The van der Waals surface area contributed by atoms with E-state index in [9.17, 15) is 0 Å². The van der Waals surface area contributed by atoms with Crippen molar-refractivity contribution in [2.75, 3.05) is 5.73 Å². The third kappa shape index (κ3) is 1.88. The summed E-state index contributed by atoms with van der Waals surface area (Å²) in [5.74, 6) is 0.519. The summed E-state index contributed by atoms with van der Waals surface area (Å²) in [6.07, 6.45) is 4.49. The number of aromatic nitrogens is 4. The van der Waals surface area contributed by atoms with E-state index in [0.717, 1.165) is 29.8 Å². The molecule has 2 N–H and O–H groups in total. The molecular formula is C11H15N5. The second-order valence-corrected chi connectivity index (χ2v) is 3.79. The van der Waals surface area contributed by atoms with Crippen LogP contribution in [0.25, 0.3) is 11.3 Å². The Hall–Kier alpha value is -1.91. The van der Waals surface area contributed by atoms with Gasteiger partial charge in [0, 0.05) is 18.3 Å². The Morgan fingerprint density at radius 3 is 2.94 bits per heavy atom. The largest absolute Gasteiger partial charge is 0.383 e. The standard InChI is InChI=1S/C11H15N5/c1-3-4-16-10(7-14-15-16)9-5-8(2)6-13-11(9)12/h5-7H,3-4H2,1-2H3,(H2,12,13). The molecule has 0 bridgehead atoms. The average molecular weight is 217 g/mol. The highest BCUT2D eigenvalue weighted by atomic mass is 15.4. The van der Waals surface area contributed by atoms with Crippen LogP contribution in [0.2, 0.25) is 0 Å². The minimum absolute atomic E-state index is 0.519. The first-order chi connectivity index (χ1) is 7.72. The number of pyridine rings is 1. The van der Waals surface area contributed by atoms with E-state index in [-0.39, 0.29) is 0 Å². The number of aryl methyl sites for hydroxylation is 2. The van der Waals surface area contributed by atoms with Crippen molar-refractivity contribution in [1.82, 2.24) is 20.0 Å². The van der Waals surface area contributed by atoms with E-state index in [1.54, 1.807) is 12.4 Å². The smallest absolute Gasteiger partial charge is 0.132 e. The molecule has 2 aromatic rings. The maximum atomic E-state index is 5.87. The first-order valence-electron chi connectivity index (χ1n) is 5.33. The van der Waals surface area contributed by atoms with E-state index in [0.29, 0.717) is 5.82 Å². The first-order valence-corrected chi connectivity index (χ1v) is 5.33. The van der Waals surface area contributed by atoms with Gasteiger partial charge in [0.15, 0.2) is 0 Å². The first kappa shape index (κ1) is 10.6. The van der Waals surface area contributed by atoms with E-state index >= 15 is 0 Å². The fraction of sp³-hybridized carbons (Fsp3) is 0.364. The second-order valence-electron chi connectivity index (χ2n) is 3.79. The van der Waals surface area contributed by atoms with Gasteiger partial charge in [-0.15, -0.1) is 5.10 Å². The lowest BCUT2D eigenvalue weighted by Crippen LogP contribution is -2.04. The molecule has 2 aromatic heterocycles. The Balaban J connectivity index is 2.49. The van der Waals surface area contributed by atoms with Gasteiger partial charge in [-0.25, -0.2) is 9.67 Å². The SMILES string of the molecule is CCCn1nncc1-c1cc(C)cnc1N. The van der Waals surface area contributed by atoms with E-state index in [4.69, 9.17) is 5.73 Å². The van der Waals surface area contributed by atoms with Crippen molar-refractivity contribution < 1.29 is 0 Å². The molecule has 0 aliphatic heterocycles. The summed E-state index contributed by atoms with van der Waals surface area (Å²) in [7, 11) is 0. The van der Waals surface area contributed by atoms with Gasteiger partial charge in [-0.1, -0.05) is 12.1 Å². The van der Waals surface area contributed by atoms with Crippen LogP contribution < -0.4 is 5.73 Å². The van der Waals surface area contributed by atoms with Gasteiger partial charge in [-0.05, 0) is 25.0 Å². The fourth-order valence-electron chi connectivity index (χ4n) is 1.63. The number of hydrogen-bond acceptors (Lipinski definition) is 4. The predicted molar refractivity (Wildman–Crippen MR) is 62.7 cm³/mol. The highest BCUT2D eigenvalue weighted by molar-refractivity contribution is 5.70. The quantitative estimate of drug-likeness (QED) is 0.848. The van der Waals surface area contributed by atoms with Crippen LogP contribution in [0.1, 0.15) is 18.9 Å². The van der Waals surface area contributed by atoms with Crippen molar-refractivity contribution in [2.24, 2.45) is 0 Å². The zero-order valence-corrected chi connectivity index (χ0v) is 9.51. The molecule has 0 spiro atoms. The molecule has 0 saturated heterocycles. The van der Waals surface area contributed by atoms with Gasteiger partial charge in [-0.2, -0.15) is 0 Å². The number of rotatable bonds is 3. The zero-order chi connectivity index (χ0) is 11.5. The van der Waals surface area contributed by atoms with Crippen LogP contribution in [0.5, 0.6) is 0 Å². The van der Waals surface area contributed by atoms with Crippen LogP contribution >= 0.6 is 0 Å². The number of anilines is 1. The molecule has 0 radical (unpaired) electrons. The van der Waals surface area contributed by atoms with Crippen LogP contribution in [0.4, 0.5) is 5.82 Å². The normalized spacial score (nSPS) is 10.6. The molecule has 0 fully saturated rings. The molecule has 0 aliphatic rings. The summed E-state index contributed by atoms with van der Waals surface area (Å²) < 4.78 is 1.85. The Labute approximate surface area is 94.3 Å². The van der Waals surface area contributed by atoms with Gasteiger partial charge in [0.25, 0.3) is 0 Å². The summed E-state index contributed by atoms with van der Waals surface area (Å²) in [5, 5.41) is 7.95. The molecule has 0 saturated carbocycles. The molecule has 5 nitrogen and oxygen atoms in total. The van der Waals surface area contributed by atoms with Crippen LogP contribution in [0, 0.1) is 6.92 Å². The molecule has 0 atom stereocenters. The van der Waals surface area contributed by atoms with Gasteiger partial charge < -0.3 is 5.73 Å². The van der Waals surface area contributed by atoms with Crippen molar-refractivity contribution in [3.8, 4) is 11.3 Å². The Morgan fingerprint density at radius 1 is 1.38 bits per heavy atom. The molecular weight excluding hydrogens is 202 g/mol. The molecule has 0 aliphatic carbocycles. The van der Waals surface area contributed by atoms with Crippen molar-refractivity contribution >= 4 is 5.82 Å². The molecule has 0 aromatic carbocycles. The Kier molecular flexibility index (Phi) is 2.85. The third-order valence-corrected chi connectivity index (χ3v) is 2.38. The lowest BCUT2D eigenvalue weighted by molar-refractivity contribution is 0.584. The van der Waals surface area contributed by atoms with Crippen molar-refractivity contribution in [2.45, 2.75) is 26.8 Å². The summed E-state index contributed by atoms with van der Waals surface area (Å²) in [4.78, 5) is 4.14. The number of nitrogen functional groups attached to an aromatic ring is 1. The lowest BCUT2D eigenvalue weighted by Gasteiger charge is -2.07. The van der Waals surface area contributed by atoms with Crippen LogP contribution in [-0.4, -0.2) is 20.0 Å². The minimum Gasteiger partial charge on any atom is -0.383 e. The molecule has 0 amide bonds. The maximum Gasteiger partial charge on any atom is 0.132 e. The van der Waals surface area contributed by atoms with Crippen molar-refractivity contribution in [3.63, 3.8) is 0 Å². The average Bonchev–Trinajstić information content (AvgIpc) is 2.70. The van der Waals surface area contributed by atoms with Gasteiger partial charge in [0.05, 0.1) is 11.9 Å². The highest BCUT2D eigenvalue weighted by Crippen LogP contribution is 2.24. The van der Waals surface area contributed by atoms with Gasteiger partial charge in [0.2, 0.25) is 0 Å². The monoisotopic (exact) mass is 217 g/mol. The van der Waals surface area contributed by atoms with Crippen LogP contribution in [-0.2, 0) is 6.54 Å². The topological polar surface area (TPSA) is 69.6 Å². The van der Waals surface area contributed by atoms with Crippen molar-refractivity contribution in [3.05, 3.63) is 24.0 Å². The number of hydrogen-bond donors (Lipinski definition) is 1. The van der Waals surface area contributed by atoms with Gasteiger partial charge >= 0.3 is 0 Å². The fourth-order valence-corrected chi connectivity index (χ4v) is 1.63. The highest BCUT2D eigenvalue weighted by Gasteiger charge is 2.10. The molecule has 5 heteroatoms. The van der Waals surface area contributed by atoms with E-state index in [2.05, 4.69) is 22.2 Å². The molecule has 0 unspecified atom stereocenters. The Morgan fingerprint density at radius 2 is 2.19 bits per heavy atom. The molecule has 16 heavy (non-hydrogen) atoms. The van der Waals surface area contributed by atoms with Crippen LogP contribution in [0.15, 0.2) is 18.5 Å². The van der Waals surface area contributed by atoms with E-state index in [1.807, 2.05) is 17.7 Å². The number of nitrogens with two attached hydrogens (primary N) is 1. The minimum atomic E-state index is 0.519. The maximum absolute atomic E-state index is 5.87. The second kappa shape index (κ2) is 4.30. The Bertz CT molecular complexity index is 489. The number of nitrogens with zero attached hydrogens (tertiary/aromatic N) is 4. The van der Waals surface area contributed by atoms with E-state index in [1.165, 1.54) is 0 Å². The lowest BCUT2D eigenvalue weighted by atomic mass is 10.1. The summed E-state index contributed by atoms with van der Waals surface area (Å²) >= 11 is 0. The predicted octanol–water partition coefficient (Wildman–Crippen LogP) is 1.64. The van der Waals surface area contributed by atoms with Crippen molar-refractivity contribution in [1.29, 1.82) is 0 Å². The molecule has 2 heterocycles. The van der Waals surface area contributed by atoms with Gasteiger partial charge in [-0.3, -0.25) is 0 Å². The molecule has 2 rings (SSSR count). The molecule has 84 valence electrons. The summed E-state index contributed by atoms with van der Waals surface area (Å²) in [6, 6.07) is 2.01. The summed E-state index contributed by atoms with van der Waals surface area (Å²) in [5.41, 5.74) is 8.77.